The molecule has 0 unspecified atom stereocenters. The molecule has 0 heterocycles. The van der Waals surface area contributed by atoms with Crippen LogP contribution in [0.4, 0.5) is 5.69 Å². The number of methoxy groups -OCH3 is 2. The summed E-state index contributed by atoms with van der Waals surface area (Å²) < 4.78 is 10.0. The van der Waals surface area contributed by atoms with E-state index in [2.05, 4.69) is 5.32 Å². The Morgan fingerprint density at radius 1 is 1.42 bits per heavy atom. The highest BCUT2D eigenvalue weighted by atomic mass is 32.2. The van der Waals surface area contributed by atoms with Crippen molar-refractivity contribution in [3.05, 3.63) is 18.2 Å². The lowest BCUT2D eigenvalue weighted by Crippen LogP contribution is -2.26. The van der Waals surface area contributed by atoms with Gasteiger partial charge < -0.3 is 20.5 Å². The van der Waals surface area contributed by atoms with Gasteiger partial charge in [0.1, 0.15) is 5.75 Å². The number of ether oxygens (including phenoxy) is 2. The van der Waals surface area contributed by atoms with Crippen LogP contribution in [0.3, 0.4) is 0 Å². The summed E-state index contributed by atoms with van der Waals surface area (Å²) in [5.41, 5.74) is 6.50. The number of rotatable bonds is 8. The van der Waals surface area contributed by atoms with Crippen LogP contribution in [0, 0.1) is 0 Å². The summed E-state index contributed by atoms with van der Waals surface area (Å²) >= 11 is 1.40. The van der Waals surface area contributed by atoms with E-state index in [4.69, 9.17) is 15.2 Å². The molecule has 0 bridgehead atoms. The van der Waals surface area contributed by atoms with Crippen LogP contribution < -0.4 is 15.8 Å². The Balaban J connectivity index is 2.37. The molecular weight excluding hydrogens is 264 g/mol. The number of nitrogens with two attached hydrogens (primary N) is 1. The minimum Gasteiger partial charge on any atom is -0.497 e. The van der Waals surface area contributed by atoms with Crippen LogP contribution >= 0.6 is 11.8 Å². The zero-order chi connectivity index (χ0) is 14.1. The van der Waals surface area contributed by atoms with Crippen molar-refractivity contribution in [2.75, 3.05) is 38.9 Å². The van der Waals surface area contributed by atoms with Crippen molar-refractivity contribution in [3.8, 4) is 5.75 Å². The van der Waals surface area contributed by atoms with Crippen molar-refractivity contribution in [1.82, 2.24) is 5.32 Å². The molecular formula is C13H20N2O3S. The number of amides is 1. The lowest BCUT2D eigenvalue weighted by atomic mass is 10.3. The zero-order valence-electron chi connectivity index (χ0n) is 11.3. The first-order valence-corrected chi connectivity index (χ1v) is 6.98. The van der Waals surface area contributed by atoms with Gasteiger partial charge in [-0.25, -0.2) is 0 Å². The fourth-order valence-corrected chi connectivity index (χ4v) is 2.23. The summed E-state index contributed by atoms with van der Waals surface area (Å²) in [6.07, 6.45) is 0.814. The second-order valence-electron chi connectivity index (χ2n) is 3.89. The lowest BCUT2D eigenvalue weighted by molar-refractivity contribution is -0.118. The summed E-state index contributed by atoms with van der Waals surface area (Å²) in [5, 5.41) is 2.82. The van der Waals surface area contributed by atoms with E-state index < -0.39 is 0 Å². The lowest BCUT2D eigenvalue weighted by Gasteiger charge is -2.08. The van der Waals surface area contributed by atoms with Gasteiger partial charge in [0, 0.05) is 30.8 Å². The number of carbonyl (C=O) groups is 1. The highest BCUT2D eigenvalue weighted by molar-refractivity contribution is 8.00. The van der Waals surface area contributed by atoms with E-state index >= 15 is 0 Å². The van der Waals surface area contributed by atoms with Crippen LogP contribution in [0.5, 0.6) is 5.75 Å². The van der Waals surface area contributed by atoms with Crippen LogP contribution in [0.2, 0.25) is 0 Å². The first kappa shape index (κ1) is 15.7. The van der Waals surface area contributed by atoms with Crippen LogP contribution in [-0.4, -0.2) is 39.0 Å². The van der Waals surface area contributed by atoms with Gasteiger partial charge in [-0.1, -0.05) is 0 Å². The topological polar surface area (TPSA) is 73.6 Å². The Hall–Kier alpha value is -1.40. The quantitative estimate of drug-likeness (QED) is 0.430. The van der Waals surface area contributed by atoms with Gasteiger partial charge in [-0.05, 0) is 24.6 Å². The molecule has 0 aliphatic carbocycles. The maximum absolute atomic E-state index is 11.6. The summed E-state index contributed by atoms with van der Waals surface area (Å²) in [6, 6.07) is 5.40. The molecule has 0 aromatic heterocycles. The predicted octanol–water partition coefficient (Wildman–Crippen LogP) is 1.52. The summed E-state index contributed by atoms with van der Waals surface area (Å²) in [6.45, 7) is 1.27. The number of nitrogens with one attached hydrogen (secondary N) is 1. The minimum absolute atomic E-state index is 0.0108. The molecule has 0 spiro atoms. The maximum Gasteiger partial charge on any atom is 0.230 e. The molecule has 1 amide bonds. The Morgan fingerprint density at radius 3 is 2.89 bits per heavy atom. The molecule has 5 nitrogen and oxygen atoms in total. The van der Waals surface area contributed by atoms with Crippen molar-refractivity contribution in [2.45, 2.75) is 11.3 Å². The van der Waals surface area contributed by atoms with E-state index in [-0.39, 0.29) is 5.91 Å². The van der Waals surface area contributed by atoms with Gasteiger partial charge in [0.2, 0.25) is 5.91 Å². The second-order valence-corrected chi connectivity index (χ2v) is 4.91. The molecule has 0 aliphatic heterocycles. The first-order chi connectivity index (χ1) is 9.17. The van der Waals surface area contributed by atoms with Gasteiger partial charge in [0.15, 0.2) is 0 Å². The number of benzene rings is 1. The molecule has 1 rings (SSSR count). The fraction of sp³-hybridized carbons (Fsp3) is 0.462. The third-order valence-electron chi connectivity index (χ3n) is 2.43. The molecule has 0 fully saturated rings. The van der Waals surface area contributed by atoms with E-state index in [0.29, 0.717) is 24.6 Å². The van der Waals surface area contributed by atoms with Crippen molar-refractivity contribution < 1.29 is 14.3 Å². The second kappa shape index (κ2) is 8.66. The summed E-state index contributed by atoms with van der Waals surface area (Å²) in [5.74, 6) is 1.06. The summed E-state index contributed by atoms with van der Waals surface area (Å²) in [4.78, 5) is 12.5. The van der Waals surface area contributed by atoms with Gasteiger partial charge in [0.05, 0.1) is 12.9 Å². The predicted molar refractivity (Wildman–Crippen MR) is 77.6 cm³/mol. The molecule has 0 saturated carbocycles. The Morgan fingerprint density at radius 2 is 2.21 bits per heavy atom. The molecule has 0 atom stereocenters. The maximum atomic E-state index is 11.6. The largest absolute Gasteiger partial charge is 0.497 e. The van der Waals surface area contributed by atoms with E-state index in [1.54, 1.807) is 26.4 Å². The zero-order valence-corrected chi connectivity index (χ0v) is 12.1. The van der Waals surface area contributed by atoms with Crippen LogP contribution in [0.1, 0.15) is 6.42 Å². The average molecular weight is 284 g/mol. The fourth-order valence-electron chi connectivity index (χ4n) is 1.41. The highest BCUT2D eigenvalue weighted by Gasteiger charge is 2.06. The van der Waals surface area contributed by atoms with Crippen molar-refractivity contribution >= 4 is 23.4 Å². The van der Waals surface area contributed by atoms with E-state index in [9.17, 15) is 4.79 Å². The third kappa shape index (κ3) is 5.85. The Kier molecular flexibility index (Phi) is 7.14. The van der Waals surface area contributed by atoms with Gasteiger partial charge in [-0.2, -0.15) is 0 Å². The van der Waals surface area contributed by atoms with Gasteiger partial charge in [0.25, 0.3) is 0 Å². The van der Waals surface area contributed by atoms with Crippen molar-refractivity contribution in [1.29, 1.82) is 0 Å². The molecule has 0 saturated heterocycles. The smallest absolute Gasteiger partial charge is 0.230 e. The van der Waals surface area contributed by atoms with Crippen LogP contribution in [0.15, 0.2) is 23.1 Å². The number of hydrogen-bond acceptors (Lipinski definition) is 5. The van der Waals surface area contributed by atoms with E-state index in [1.165, 1.54) is 11.8 Å². The number of anilines is 1. The molecule has 1 aromatic rings. The molecule has 3 N–H and O–H groups in total. The first-order valence-electron chi connectivity index (χ1n) is 5.99. The number of carbonyl (C=O) groups excluding carboxylic acids is 1. The standard InChI is InChI=1S/C13H20N2O3S/c1-17-7-3-6-15-13(16)9-19-12-8-10(18-2)4-5-11(12)14/h4-5,8H,3,6-7,9,14H2,1-2H3,(H,15,16). The van der Waals surface area contributed by atoms with Crippen LogP contribution in [0.25, 0.3) is 0 Å². The van der Waals surface area contributed by atoms with Crippen molar-refractivity contribution in [2.24, 2.45) is 0 Å². The average Bonchev–Trinajstić information content (AvgIpc) is 2.43. The molecule has 19 heavy (non-hydrogen) atoms. The highest BCUT2D eigenvalue weighted by Crippen LogP contribution is 2.28. The molecule has 0 aliphatic rings. The molecule has 6 heteroatoms. The van der Waals surface area contributed by atoms with Crippen LogP contribution in [-0.2, 0) is 9.53 Å². The Bertz CT molecular complexity index is 413. The Labute approximate surface area is 117 Å². The molecule has 1 aromatic carbocycles. The SMILES string of the molecule is COCCCNC(=O)CSc1cc(OC)ccc1N. The minimum atomic E-state index is -0.0108. The van der Waals surface area contributed by atoms with E-state index in [1.807, 2.05) is 6.07 Å². The number of thioether (sulfide) groups is 1. The normalized spacial score (nSPS) is 10.2. The monoisotopic (exact) mass is 284 g/mol. The van der Waals surface area contributed by atoms with Gasteiger partial charge >= 0.3 is 0 Å². The molecule has 0 radical (unpaired) electrons. The molecule has 106 valence electrons. The third-order valence-corrected chi connectivity index (χ3v) is 3.50. The number of hydrogen-bond donors (Lipinski definition) is 2. The van der Waals surface area contributed by atoms with E-state index in [0.717, 1.165) is 17.1 Å². The van der Waals surface area contributed by atoms with Crippen molar-refractivity contribution in [3.63, 3.8) is 0 Å². The van der Waals surface area contributed by atoms with Gasteiger partial charge in [-0.15, -0.1) is 11.8 Å². The summed E-state index contributed by atoms with van der Waals surface area (Å²) in [7, 11) is 3.24. The number of nitrogen functional groups attached to an aromatic ring is 1. The van der Waals surface area contributed by atoms with Gasteiger partial charge in [-0.3, -0.25) is 4.79 Å².